The van der Waals surface area contributed by atoms with Gasteiger partial charge in [0.05, 0.1) is 0 Å². The van der Waals surface area contributed by atoms with Crippen molar-refractivity contribution in [3.63, 3.8) is 0 Å². The second-order valence-electron chi connectivity index (χ2n) is 15.2. The van der Waals surface area contributed by atoms with Gasteiger partial charge in [0.1, 0.15) is 11.9 Å². The van der Waals surface area contributed by atoms with E-state index in [0.717, 1.165) is 25.7 Å². The molecule has 5 aliphatic carbocycles. The zero-order chi connectivity index (χ0) is 26.5. The first-order valence-corrected chi connectivity index (χ1v) is 15.1. The fourth-order valence-electron chi connectivity index (χ4n) is 11.7. The molecule has 0 unspecified atom stereocenters. The van der Waals surface area contributed by atoms with Gasteiger partial charge in [-0.1, -0.05) is 53.7 Å². The maximum absolute atomic E-state index is 13.1. The zero-order valence-electron chi connectivity index (χ0n) is 23.8. The fourth-order valence-corrected chi connectivity index (χ4v) is 11.9. The summed E-state index contributed by atoms with van der Waals surface area (Å²) in [6.07, 6.45) is 9.58. The molecule has 0 saturated heterocycles. The van der Waals surface area contributed by atoms with Crippen LogP contribution in [0.4, 0.5) is 0 Å². The number of Topliss-reactive ketones (excluding diaryl/α,β-unsaturated/α-hetero) is 1. The third kappa shape index (κ3) is 3.35. The van der Waals surface area contributed by atoms with E-state index in [0.29, 0.717) is 47.2 Å². The third-order valence-electron chi connectivity index (χ3n) is 13.5. The predicted octanol–water partition coefficient (Wildman–Crippen LogP) is 7.99. The van der Waals surface area contributed by atoms with Crippen molar-refractivity contribution in [2.45, 2.75) is 112 Å². The van der Waals surface area contributed by atoms with Crippen LogP contribution >= 0.6 is 11.6 Å². The monoisotopic (exact) mass is 516 g/mol. The summed E-state index contributed by atoms with van der Waals surface area (Å²) in [4.78, 5) is 25.7. The quantitative estimate of drug-likeness (QED) is 0.217. The molecular weight excluding hydrogens is 468 g/mol. The van der Waals surface area contributed by atoms with E-state index in [1.807, 2.05) is 0 Å². The number of carbonyl (C=O) groups is 2. The molecule has 0 aromatic carbocycles. The van der Waals surface area contributed by atoms with Crippen molar-refractivity contribution < 1.29 is 14.3 Å². The van der Waals surface area contributed by atoms with Crippen LogP contribution in [-0.4, -0.2) is 23.7 Å². The van der Waals surface area contributed by atoms with Crippen molar-refractivity contribution in [3.05, 3.63) is 12.2 Å². The molecule has 0 spiro atoms. The number of alkyl halides is 1. The third-order valence-corrected chi connectivity index (χ3v) is 13.9. The number of halogens is 1. The number of carbonyl (C=O) groups excluding carboxylic acids is 2. The average Bonchev–Trinajstić information content (AvgIpc) is 3.14. The van der Waals surface area contributed by atoms with Gasteiger partial charge in [-0.05, 0) is 96.7 Å². The van der Waals surface area contributed by atoms with Crippen molar-refractivity contribution >= 4 is 23.4 Å². The molecule has 0 aliphatic heterocycles. The molecule has 5 rings (SSSR count). The molecule has 0 aromatic heterocycles. The Morgan fingerprint density at radius 1 is 1.00 bits per heavy atom. The number of hydrogen-bond donors (Lipinski definition) is 0. The van der Waals surface area contributed by atoms with E-state index in [9.17, 15) is 9.59 Å². The second-order valence-corrected chi connectivity index (χ2v) is 15.4. The molecule has 0 N–H and O–H groups in total. The van der Waals surface area contributed by atoms with Crippen LogP contribution in [0.25, 0.3) is 0 Å². The lowest BCUT2D eigenvalue weighted by Gasteiger charge is -2.73. The molecule has 10 atom stereocenters. The van der Waals surface area contributed by atoms with E-state index in [1.165, 1.54) is 31.3 Å². The number of fused-ring (bicyclic) bond motifs is 7. The highest BCUT2D eigenvalue weighted by Gasteiger charge is 2.73. The smallest absolute Gasteiger partial charge is 0.302 e. The van der Waals surface area contributed by atoms with Gasteiger partial charge in [-0.2, -0.15) is 0 Å². The van der Waals surface area contributed by atoms with Crippen LogP contribution < -0.4 is 0 Å². The molecule has 36 heavy (non-hydrogen) atoms. The van der Waals surface area contributed by atoms with Crippen LogP contribution in [0.3, 0.4) is 0 Å². The minimum absolute atomic E-state index is 0.00588. The number of ether oxygens (including phenoxy) is 1. The summed E-state index contributed by atoms with van der Waals surface area (Å²) in [5.74, 6) is 2.92. The lowest BCUT2D eigenvalue weighted by atomic mass is 9.32. The first-order valence-electron chi connectivity index (χ1n) is 14.6. The van der Waals surface area contributed by atoms with Crippen molar-refractivity contribution in [1.29, 1.82) is 0 Å². The van der Waals surface area contributed by atoms with E-state index in [-0.39, 0.29) is 39.7 Å². The van der Waals surface area contributed by atoms with E-state index in [2.05, 4.69) is 48.1 Å². The van der Waals surface area contributed by atoms with Crippen LogP contribution in [0.15, 0.2) is 12.2 Å². The van der Waals surface area contributed by atoms with Crippen LogP contribution in [0.5, 0.6) is 0 Å². The Hall–Kier alpha value is -0.830. The molecule has 0 amide bonds. The van der Waals surface area contributed by atoms with Gasteiger partial charge in [-0.3, -0.25) is 9.59 Å². The molecule has 0 bridgehead atoms. The van der Waals surface area contributed by atoms with Crippen LogP contribution in [0, 0.1) is 56.7 Å². The number of hydrogen-bond acceptors (Lipinski definition) is 3. The Balaban J connectivity index is 1.64. The molecule has 5 fully saturated rings. The van der Waals surface area contributed by atoms with Crippen LogP contribution in [0.1, 0.15) is 106 Å². The predicted molar refractivity (Wildman–Crippen MR) is 146 cm³/mol. The highest BCUT2D eigenvalue weighted by Crippen LogP contribution is 2.77. The van der Waals surface area contributed by atoms with E-state index in [4.69, 9.17) is 16.3 Å². The second kappa shape index (κ2) is 8.33. The summed E-state index contributed by atoms with van der Waals surface area (Å²) < 4.78 is 6.36. The topological polar surface area (TPSA) is 43.4 Å². The summed E-state index contributed by atoms with van der Waals surface area (Å²) in [5, 5.41) is 0. The number of esters is 1. The summed E-state index contributed by atoms with van der Waals surface area (Å²) in [7, 11) is 0. The van der Waals surface area contributed by atoms with E-state index < -0.39 is 0 Å². The molecule has 0 heterocycles. The molecule has 3 nitrogen and oxygen atoms in total. The molecular formula is C32H49ClO3. The van der Waals surface area contributed by atoms with Gasteiger partial charge in [0.2, 0.25) is 0 Å². The zero-order valence-corrected chi connectivity index (χ0v) is 24.6. The van der Waals surface area contributed by atoms with Gasteiger partial charge in [0.25, 0.3) is 0 Å². The number of allylic oxidation sites excluding steroid dienone is 1. The molecule has 5 saturated carbocycles. The Bertz CT molecular complexity index is 970. The SMILES string of the molecule is C=C(CCl)[C@@H]1CC[C@]2(C)CC[C@]3(C)[C@H](C[C@@H](OC(C)=O)[C@@H]4[C@@]5(C)CCC(=O)C(C)(C)[C@@H]5CC[C@]43C)[C@@H]12. The summed E-state index contributed by atoms with van der Waals surface area (Å²) in [6.45, 7) is 20.5. The van der Waals surface area contributed by atoms with Crippen LogP contribution in [0.2, 0.25) is 0 Å². The molecule has 5 aliphatic rings. The maximum Gasteiger partial charge on any atom is 0.302 e. The average molecular weight is 517 g/mol. The molecule has 202 valence electrons. The Morgan fingerprint density at radius 2 is 1.69 bits per heavy atom. The van der Waals surface area contributed by atoms with Crippen molar-refractivity contribution in [3.8, 4) is 0 Å². The molecule has 0 aromatic rings. The largest absolute Gasteiger partial charge is 0.462 e. The van der Waals surface area contributed by atoms with Crippen molar-refractivity contribution in [1.82, 2.24) is 0 Å². The molecule has 0 radical (unpaired) electrons. The highest BCUT2D eigenvalue weighted by atomic mass is 35.5. The maximum atomic E-state index is 13.1. The number of ketones is 1. The normalized spacial score (nSPS) is 51.4. The van der Waals surface area contributed by atoms with Gasteiger partial charge >= 0.3 is 5.97 Å². The van der Waals surface area contributed by atoms with Gasteiger partial charge in [0, 0.05) is 30.6 Å². The highest BCUT2D eigenvalue weighted by molar-refractivity contribution is 6.19. The van der Waals surface area contributed by atoms with Gasteiger partial charge in [-0.15, -0.1) is 11.6 Å². The first kappa shape index (κ1) is 26.8. The fraction of sp³-hybridized carbons (Fsp3) is 0.875. The summed E-state index contributed by atoms with van der Waals surface area (Å²) in [5.41, 5.74) is 1.44. The van der Waals surface area contributed by atoms with Gasteiger partial charge in [-0.25, -0.2) is 0 Å². The lowest BCUT2D eigenvalue weighted by molar-refractivity contribution is -0.268. The Morgan fingerprint density at radius 3 is 2.33 bits per heavy atom. The summed E-state index contributed by atoms with van der Waals surface area (Å²) in [6, 6.07) is 0. The van der Waals surface area contributed by atoms with Gasteiger partial charge < -0.3 is 4.74 Å². The molecule has 4 heteroatoms. The standard InChI is InChI=1S/C32H49ClO3/c1-19(18-33)21-9-12-29(5)15-16-31(7)22(26(21)29)17-23(36-20(2)34)27-30(6)13-11-25(35)28(3,4)24(30)10-14-32(27,31)8/h21-24,26-27H,1,9-18H2,2-8H3/t21-,22+,23+,24-,26+,27+,29+,30-,31+,32+/m0/s1. The van der Waals surface area contributed by atoms with Crippen molar-refractivity contribution in [2.75, 3.05) is 5.88 Å². The first-order chi connectivity index (χ1) is 16.7. The lowest BCUT2D eigenvalue weighted by Crippen LogP contribution is -2.70. The minimum atomic E-state index is -0.313. The minimum Gasteiger partial charge on any atom is -0.462 e. The van der Waals surface area contributed by atoms with Gasteiger partial charge in [0.15, 0.2) is 0 Å². The van der Waals surface area contributed by atoms with E-state index in [1.54, 1.807) is 6.92 Å². The Labute approximate surface area is 224 Å². The van der Waals surface area contributed by atoms with E-state index >= 15 is 0 Å². The van der Waals surface area contributed by atoms with Crippen LogP contribution in [-0.2, 0) is 14.3 Å². The summed E-state index contributed by atoms with van der Waals surface area (Å²) >= 11 is 6.39. The van der Waals surface area contributed by atoms with Crippen molar-refractivity contribution in [2.24, 2.45) is 56.7 Å². The number of rotatable bonds is 3. The Kier molecular flexibility index (Phi) is 6.19.